The molecular formula is BO2Si2. The maximum absolute atomic E-state index is 0. The Balaban J connectivity index is 0. The fraction of sp³-hybridized carbons (Fsp3) is 0. The van der Waals surface area contributed by atoms with Crippen molar-refractivity contribution in [1.29, 1.82) is 0 Å². The van der Waals surface area contributed by atoms with Crippen molar-refractivity contribution in [3.8, 4) is 0 Å². The summed E-state index contributed by atoms with van der Waals surface area (Å²) >= 11 is 0. The molecule has 0 spiro atoms. The highest BCUT2D eigenvalue weighted by Gasteiger charge is 0.00400. The van der Waals surface area contributed by atoms with Gasteiger partial charge in [-0.05, 0) is 0 Å². The van der Waals surface area contributed by atoms with E-state index in [0.717, 1.165) is 0 Å². The standard InChI is InChI=1S/B.2O.2Si. The van der Waals surface area contributed by atoms with E-state index < -0.39 is 0 Å². The molecule has 23 valence electrons. The van der Waals surface area contributed by atoms with E-state index in [0.29, 0.717) is 0 Å². The quantitative estimate of drug-likeness (QED) is 0.336. The van der Waals surface area contributed by atoms with Crippen LogP contribution >= 0.6 is 0 Å². The second-order valence-corrected chi connectivity index (χ2v) is 0. The molecule has 0 saturated heterocycles. The van der Waals surface area contributed by atoms with Crippen LogP contribution in [0.5, 0.6) is 0 Å². The average molecular weight is 99.0 g/mol. The molecule has 0 heterocycles. The van der Waals surface area contributed by atoms with E-state index in [-0.39, 0.29) is 41.3 Å². The zero-order valence-electron chi connectivity index (χ0n) is 2.39. The van der Waals surface area contributed by atoms with Gasteiger partial charge in [-0.1, -0.05) is 0 Å². The van der Waals surface area contributed by atoms with Crippen molar-refractivity contribution >= 4 is 30.3 Å². The molecule has 2 nitrogen and oxygen atoms in total. The van der Waals surface area contributed by atoms with Gasteiger partial charge in [0.25, 0.3) is 0 Å². The summed E-state index contributed by atoms with van der Waals surface area (Å²) in [5.41, 5.74) is 0. The molecule has 0 bridgehead atoms. The SMILES string of the molecule is [B].[O].[O].[Si].[Si]. The van der Waals surface area contributed by atoms with Gasteiger partial charge in [-0.25, -0.2) is 0 Å². The van der Waals surface area contributed by atoms with E-state index in [9.17, 15) is 0 Å². The minimum atomic E-state index is 0. The zero-order valence-corrected chi connectivity index (χ0v) is 4.39. The Hall–Kier alpha value is 0.419. The molecule has 0 aromatic rings. The fourth-order valence-corrected chi connectivity index (χ4v) is 0. The molecule has 0 aliphatic carbocycles. The molecule has 0 atom stereocenters. The normalized spacial score (nSPS) is 0. The molecule has 0 amide bonds. The highest BCUT2D eigenvalue weighted by Crippen LogP contribution is -0.118. The second-order valence-electron chi connectivity index (χ2n) is 0. The third kappa shape index (κ3) is 147. The van der Waals surface area contributed by atoms with Crippen LogP contribution < -0.4 is 0 Å². The highest BCUT2D eigenvalue weighted by molar-refractivity contribution is 5.76. The third-order valence-corrected chi connectivity index (χ3v) is 0. The van der Waals surface area contributed by atoms with Crippen molar-refractivity contribution in [2.24, 2.45) is 0 Å². The summed E-state index contributed by atoms with van der Waals surface area (Å²) in [5.74, 6) is 0. The second kappa shape index (κ2) is 295. The van der Waals surface area contributed by atoms with E-state index in [1.807, 2.05) is 0 Å². The van der Waals surface area contributed by atoms with Crippen LogP contribution in [-0.2, 0) is 11.0 Å². The van der Waals surface area contributed by atoms with E-state index in [4.69, 9.17) is 0 Å². The molecule has 0 aliphatic heterocycles. The molecule has 5 heavy (non-hydrogen) atoms. The van der Waals surface area contributed by atoms with Crippen LogP contribution in [0.1, 0.15) is 0 Å². The van der Waals surface area contributed by atoms with Gasteiger partial charge in [0.1, 0.15) is 0 Å². The first-order valence-corrected chi connectivity index (χ1v) is 0. The first-order chi connectivity index (χ1) is 0. The predicted octanol–water partition coefficient (Wildman–Crippen LogP) is -1.38. The molecule has 5 heteroatoms. The van der Waals surface area contributed by atoms with Gasteiger partial charge in [0.05, 0.1) is 0 Å². The molecule has 0 aromatic carbocycles. The minimum absolute atomic E-state index is 0. The predicted molar refractivity (Wildman–Crippen MR) is 18.6 cm³/mol. The van der Waals surface area contributed by atoms with Crippen molar-refractivity contribution in [1.82, 2.24) is 0 Å². The molecule has 0 saturated carbocycles. The summed E-state index contributed by atoms with van der Waals surface area (Å²) in [4.78, 5) is 0. The number of rotatable bonds is 0. The van der Waals surface area contributed by atoms with Crippen molar-refractivity contribution in [2.75, 3.05) is 0 Å². The smallest absolute Gasteiger partial charge is 0 e. The molecule has 15 radical (unpaired) electrons. The summed E-state index contributed by atoms with van der Waals surface area (Å²) in [6, 6.07) is 0. The minimum Gasteiger partial charge on any atom is 0 e. The summed E-state index contributed by atoms with van der Waals surface area (Å²) in [6.45, 7) is 0. The van der Waals surface area contributed by atoms with E-state index in [2.05, 4.69) is 0 Å². The van der Waals surface area contributed by atoms with Gasteiger partial charge in [-0.3, -0.25) is 0 Å². The van der Waals surface area contributed by atoms with Gasteiger partial charge in [-0.15, -0.1) is 0 Å². The monoisotopic (exact) mass is 99.0 g/mol. The molecule has 0 aromatic heterocycles. The van der Waals surface area contributed by atoms with Crippen LogP contribution in [0.2, 0.25) is 0 Å². The van der Waals surface area contributed by atoms with Crippen LogP contribution in [0.25, 0.3) is 0 Å². The Kier molecular flexibility index (Phi) is 35600. The summed E-state index contributed by atoms with van der Waals surface area (Å²) in [5, 5.41) is 0. The summed E-state index contributed by atoms with van der Waals surface area (Å²) < 4.78 is 0. The van der Waals surface area contributed by atoms with E-state index in [1.54, 1.807) is 0 Å². The molecule has 0 fully saturated rings. The van der Waals surface area contributed by atoms with E-state index >= 15 is 0 Å². The summed E-state index contributed by atoms with van der Waals surface area (Å²) in [6.07, 6.45) is 0. The van der Waals surface area contributed by atoms with Crippen LogP contribution in [0.3, 0.4) is 0 Å². The van der Waals surface area contributed by atoms with Gasteiger partial charge in [-0.2, -0.15) is 0 Å². The average Bonchev–Trinajstić information content (AvgIpc) is 0. The molecule has 0 unspecified atom stereocenters. The van der Waals surface area contributed by atoms with Crippen molar-refractivity contribution < 1.29 is 11.0 Å². The van der Waals surface area contributed by atoms with E-state index in [1.165, 1.54) is 0 Å². The highest BCUT2D eigenvalue weighted by atomic mass is 28.1. The molecule has 0 aliphatic rings. The van der Waals surface area contributed by atoms with Crippen molar-refractivity contribution in [3.63, 3.8) is 0 Å². The Bertz CT molecular complexity index is 7.61. The van der Waals surface area contributed by atoms with Crippen molar-refractivity contribution in [3.05, 3.63) is 0 Å². The number of hydrogen-bond donors (Lipinski definition) is 0. The first-order valence-electron chi connectivity index (χ1n) is 0. The number of hydrogen-bond acceptors (Lipinski definition) is 0. The maximum Gasteiger partial charge on any atom is 0 e. The Morgan fingerprint density at radius 3 is 0.600 bits per heavy atom. The van der Waals surface area contributed by atoms with Crippen LogP contribution in [0, 0.1) is 0 Å². The lowest BCUT2D eigenvalue weighted by molar-refractivity contribution is 0.685. The lowest BCUT2D eigenvalue weighted by Crippen LogP contribution is -0.382. The van der Waals surface area contributed by atoms with Gasteiger partial charge in [0.15, 0.2) is 0 Å². The Morgan fingerprint density at radius 1 is 0.600 bits per heavy atom. The molecule has 0 rings (SSSR count). The first kappa shape index (κ1) is 603. The summed E-state index contributed by atoms with van der Waals surface area (Å²) in [7, 11) is 0. The van der Waals surface area contributed by atoms with Gasteiger partial charge in [0.2, 0.25) is 0 Å². The largest absolute Gasteiger partial charge is 0 e. The lowest BCUT2D eigenvalue weighted by Gasteiger charge is -0.00100. The fourth-order valence-electron chi connectivity index (χ4n) is 0. The Morgan fingerprint density at radius 2 is 0.600 bits per heavy atom. The van der Waals surface area contributed by atoms with Gasteiger partial charge < -0.3 is 0 Å². The topological polar surface area (TPSA) is 57.0 Å². The van der Waals surface area contributed by atoms with Gasteiger partial charge in [0, 0.05) is 41.3 Å². The Labute approximate surface area is 42.2 Å². The maximum atomic E-state index is 0. The van der Waals surface area contributed by atoms with Crippen LogP contribution in [0.15, 0.2) is 0 Å². The van der Waals surface area contributed by atoms with Crippen molar-refractivity contribution in [2.45, 2.75) is 0 Å². The van der Waals surface area contributed by atoms with Crippen LogP contribution in [-0.4, -0.2) is 30.3 Å². The molecular weight excluding hydrogens is 99.0 g/mol. The van der Waals surface area contributed by atoms with Crippen LogP contribution in [0.4, 0.5) is 0 Å². The zero-order chi connectivity index (χ0) is 0. The van der Waals surface area contributed by atoms with Gasteiger partial charge >= 0.3 is 0 Å². The molecule has 0 N–H and O–H groups in total. The third-order valence-electron chi connectivity index (χ3n) is 0. The lowest BCUT2D eigenvalue weighted by atomic mass is 10.8.